The molecule has 0 spiro atoms. The first-order chi connectivity index (χ1) is 14.5. The van der Waals surface area contributed by atoms with Crippen LogP contribution in [0.25, 0.3) is 16.8 Å². The summed E-state index contributed by atoms with van der Waals surface area (Å²) in [6.07, 6.45) is 4.13. The normalized spacial score (nSPS) is 17.0. The van der Waals surface area contributed by atoms with E-state index in [4.69, 9.17) is 4.74 Å². The molecule has 1 unspecified atom stereocenters. The van der Waals surface area contributed by atoms with Crippen molar-refractivity contribution in [2.75, 3.05) is 13.6 Å². The third-order valence-corrected chi connectivity index (χ3v) is 5.44. The minimum absolute atomic E-state index is 0.204. The molecule has 2 aromatic carbocycles. The van der Waals surface area contributed by atoms with Gasteiger partial charge in [-0.25, -0.2) is 8.78 Å². The highest BCUT2D eigenvalue weighted by Gasteiger charge is 2.23. The maximum Gasteiger partial charge on any atom is 0.160 e. The summed E-state index contributed by atoms with van der Waals surface area (Å²) in [6, 6.07) is 13.5. The fraction of sp³-hybridized carbons (Fsp3) is 0.217. The van der Waals surface area contributed by atoms with Gasteiger partial charge in [-0.05, 0) is 47.5 Å². The average Bonchev–Trinajstić information content (AvgIpc) is 3.12. The number of ether oxygens (including phenoxy) is 1. The second-order valence-corrected chi connectivity index (χ2v) is 7.67. The van der Waals surface area contributed by atoms with E-state index < -0.39 is 11.6 Å². The zero-order valence-electron chi connectivity index (χ0n) is 16.4. The first kappa shape index (κ1) is 18.7. The minimum Gasteiger partial charge on any atom is -0.485 e. The summed E-state index contributed by atoms with van der Waals surface area (Å²) >= 11 is 0. The lowest BCUT2D eigenvalue weighted by atomic mass is 9.96. The Hall–Kier alpha value is -3.32. The van der Waals surface area contributed by atoms with Crippen LogP contribution in [0.2, 0.25) is 0 Å². The lowest BCUT2D eigenvalue weighted by Gasteiger charge is -2.20. The zero-order chi connectivity index (χ0) is 20.7. The average molecular weight is 406 g/mol. The van der Waals surface area contributed by atoms with E-state index in [2.05, 4.69) is 40.3 Å². The van der Waals surface area contributed by atoms with Gasteiger partial charge >= 0.3 is 0 Å². The van der Waals surface area contributed by atoms with Crippen molar-refractivity contribution in [2.45, 2.75) is 19.1 Å². The van der Waals surface area contributed by atoms with Gasteiger partial charge in [0.25, 0.3) is 0 Å². The second-order valence-electron chi connectivity index (χ2n) is 7.67. The van der Waals surface area contributed by atoms with Crippen molar-refractivity contribution in [3.05, 3.63) is 83.8 Å². The summed E-state index contributed by atoms with van der Waals surface area (Å²) in [6.45, 7) is 1.59. The van der Waals surface area contributed by atoms with Crippen molar-refractivity contribution in [1.29, 1.82) is 0 Å². The Kier molecular flexibility index (Phi) is 4.67. The molecule has 0 bridgehead atoms. The fourth-order valence-electron chi connectivity index (χ4n) is 3.98. The van der Waals surface area contributed by atoms with E-state index in [0.717, 1.165) is 53.5 Å². The molecule has 3 heterocycles. The van der Waals surface area contributed by atoms with Gasteiger partial charge in [0, 0.05) is 43.9 Å². The molecule has 0 saturated heterocycles. The molecule has 5 rings (SSSR count). The number of benzene rings is 2. The summed E-state index contributed by atoms with van der Waals surface area (Å²) in [5, 5.41) is 7.97. The lowest BCUT2D eigenvalue weighted by Crippen LogP contribution is -2.18. The van der Waals surface area contributed by atoms with Gasteiger partial charge in [-0.2, -0.15) is 0 Å². The molecule has 30 heavy (non-hydrogen) atoms. The number of pyridine rings is 1. The highest BCUT2D eigenvalue weighted by Crippen LogP contribution is 2.34. The van der Waals surface area contributed by atoms with Crippen molar-refractivity contribution in [3.8, 4) is 16.9 Å². The quantitative estimate of drug-likeness (QED) is 0.498. The van der Waals surface area contributed by atoms with E-state index in [9.17, 15) is 8.78 Å². The minimum atomic E-state index is -0.643. The number of nitrogens with zero attached hydrogens (tertiary/aromatic N) is 4. The summed E-state index contributed by atoms with van der Waals surface area (Å²) in [4.78, 5) is 2.22. The Labute approximate surface area is 172 Å². The third-order valence-electron chi connectivity index (χ3n) is 5.44. The van der Waals surface area contributed by atoms with Crippen LogP contribution in [-0.2, 0) is 6.54 Å². The van der Waals surface area contributed by atoms with E-state index in [1.165, 1.54) is 12.1 Å². The summed E-state index contributed by atoms with van der Waals surface area (Å²) < 4.78 is 35.1. The topological polar surface area (TPSA) is 42.7 Å². The van der Waals surface area contributed by atoms with Gasteiger partial charge in [-0.15, -0.1) is 10.2 Å². The zero-order valence-corrected chi connectivity index (χ0v) is 16.4. The summed E-state index contributed by atoms with van der Waals surface area (Å²) in [7, 11) is 2.06. The van der Waals surface area contributed by atoms with Gasteiger partial charge in [0.2, 0.25) is 0 Å². The first-order valence-corrected chi connectivity index (χ1v) is 9.79. The van der Waals surface area contributed by atoms with Gasteiger partial charge in [0.15, 0.2) is 5.65 Å². The molecule has 1 atom stereocenters. The van der Waals surface area contributed by atoms with Crippen LogP contribution in [0.4, 0.5) is 8.78 Å². The van der Waals surface area contributed by atoms with E-state index in [-0.39, 0.29) is 11.9 Å². The number of aromatic nitrogens is 3. The molecule has 4 aromatic rings. The molecule has 7 heteroatoms. The summed E-state index contributed by atoms with van der Waals surface area (Å²) in [5.74, 6) is -1.08. The molecular weight excluding hydrogens is 386 g/mol. The smallest absolute Gasteiger partial charge is 0.160 e. The second kappa shape index (κ2) is 7.50. The molecular formula is C23H20F2N4O. The standard InChI is InChI=1S/C23H20F2N4O/c1-28-7-6-22(30-20-10-18(24)9-19(25)11-20)21-4-2-15(8-17(21)12-28)16-3-5-23-27-26-14-29(23)13-16/h2-5,8-11,13-14,22H,6-7,12H2,1H3. The van der Waals surface area contributed by atoms with Crippen LogP contribution in [0.5, 0.6) is 5.75 Å². The van der Waals surface area contributed by atoms with Crippen LogP contribution in [0.3, 0.4) is 0 Å². The number of hydrogen-bond acceptors (Lipinski definition) is 4. The van der Waals surface area contributed by atoms with Crippen LogP contribution in [-0.4, -0.2) is 33.1 Å². The molecule has 0 fully saturated rings. The monoisotopic (exact) mass is 406 g/mol. The Balaban J connectivity index is 1.51. The fourth-order valence-corrected chi connectivity index (χ4v) is 3.98. The van der Waals surface area contributed by atoms with Gasteiger partial charge in [0.05, 0.1) is 0 Å². The molecule has 0 radical (unpaired) electrons. The Morgan fingerprint density at radius 1 is 1.00 bits per heavy atom. The predicted molar refractivity (Wildman–Crippen MR) is 109 cm³/mol. The highest BCUT2D eigenvalue weighted by molar-refractivity contribution is 5.66. The Morgan fingerprint density at radius 2 is 1.80 bits per heavy atom. The molecule has 152 valence electrons. The van der Waals surface area contributed by atoms with E-state index >= 15 is 0 Å². The largest absolute Gasteiger partial charge is 0.485 e. The number of halogens is 2. The predicted octanol–water partition coefficient (Wildman–Crippen LogP) is 4.63. The van der Waals surface area contributed by atoms with Crippen molar-refractivity contribution in [2.24, 2.45) is 0 Å². The molecule has 0 N–H and O–H groups in total. The molecule has 1 aliphatic heterocycles. The van der Waals surface area contributed by atoms with Crippen molar-refractivity contribution < 1.29 is 13.5 Å². The Morgan fingerprint density at radius 3 is 2.63 bits per heavy atom. The Bertz CT molecular complexity index is 1200. The van der Waals surface area contributed by atoms with Crippen LogP contribution >= 0.6 is 0 Å². The highest BCUT2D eigenvalue weighted by atomic mass is 19.1. The molecule has 0 aliphatic carbocycles. The molecule has 5 nitrogen and oxygen atoms in total. The molecule has 0 amide bonds. The van der Waals surface area contributed by atoms with E-state index in [1.807, 2.05) is 22.7 Å². The number of fused-ring (bicyclic) bond motifs is 2. The van der Waals surface area contributed by atoms with Crippen LogP contribution in [0.1, 0.15) is 23.7 Å². The van der Waals surface area contributed by atoms with Crippen molar-refractivity contribution >= 4 is 5.65 Å². The van der Waals surface area contributed by atoms with Gasteiger partial charge in [-0.1, -0.05) is 12.1 Å². The number of rotatable bonds is 3. The maximum atomic E-state index is 13.6. The number of hydrogen-bond donors (Lipinski definition) is 0. The molecule has 0 saturated carbocycles. The van der Waals surface area contributed by atoms with Crippen LogP contribution in [0, 0.1) is 11.6 Å². The van der Waals surface area contributed by atoms with E-state index in [1.54, 1.807) is 6.33 Å². The van der Waals surface area contributed by atoms with Crippen LogP contribution < -0.4 is 4.74 Å². The summed E-state index contributed by atoms with van der Waals surface area (Å²) in [5.41, 5.74) is 5.11. The van der Waals surface area contributed by atoms with Gasteiger partial charge in [0.1, 0.15) is 29.8 Å². The first-order valence-electron chi connectivity index (χ1n) is 9.79. The van der Waals surface area contributed by atoms with Crippen molar-refractivity contribution in [3.63, 3.8) is 0 Å². The molecule has 2 aromatic heterocycles. The SMILES string of the molecule is CN1CCC(Oc2cc(F)cc(F)c2)c2ccc(-c3ccc4nncn4c3)cc2C1. The maximum absolute atomic E-state index is 13.6. The molecule has 1 aliphatic rings. The van der Waals surface area contributed by atoms with Crippen molar-refractivity contribution in [1.82, 2.24) is 19.5 Å². The van der Waals surface area contributed by atoms with Gasteiger partial charge < -0.3 is 9.64 Å². The van der Waals surface area contributed by atoms with E-state index in [0.29, 0.717) is 0 Å². The van der Waals surface area contributed by atoms with Crippen LogP contribution in [0.15, 0.2) is 61.1 Å². The third kappa shape index (κ3) is 3.64. The van der Waals surface area contributed by atoms with Gasteiger partial charge in [-0.3, -0.25) is 4.40 Å². The lowest BCUT2D eigenvalue weighted by molar-refractivity contribution is 0.181.